The van der Waals surface area contributed by atoms with Gasteiger partial charge in [0.15, 0.2) is 23.2 Å². The molecule has 1 aromatic rings. The van der Waals surface area contributed by atoms with Crippen LogP contribution in [0.4, 0.5) is 27.6 Å². The summed E-state index contributed by atoms with van der Waals surface area (Å²) in [5, 5.41) is 22.9. The molecule has 0 saturated carbocycles. The molecule has 0 aromatic heterocycles. The Morgan fingerprint density at radius 2 is 1.84 bits per heavy atom. The van der Waals surface area contributed by atoms with E-state index in [1.807, 2.05) is 0 Å². The number of hydrogen-bond acceptors (Lipinski definition) is 4. The fourth-order valence-corrected chi connectivity index (χ4v) is 2.27. The lowest BCUT2D eigenvalue weighted by Crippen LogP contribution is -2.52. The van der Waals surface area contributed by atoms with Crippen LogP contribution < -0.4 is 20.7 Å². The number of guanidine groups is 1. The molecule has 0 spiro atoms. The van der Waals surface area contributed by atoms with Crippen LogP contribution in [0, 0.1) is 16.6 Å². The molecule has 1 fully saturated rings. The Kier molecular flexibility index (Phi) is 5.45. The molecule has 1 aliphatic heterocycles. The zero-order chi connectivity index (χ0) is 18.7. The van der Waals surface area contributed by atoms with Crippen molar-refractivity contribution in [3.8, 4) is 5.75 Å². The van der Waals surface area contributed by atoms with Gasteiger partial charge in [-0.25, -0.2) is 8.78 Å². The van der Waals surface area contributed by atoms with Crippen molar-refractivity contribution in [1.82, 2.24) is 10.6 Å². The minimum atomic E-state index is -5.02. The number of hydrogen-bond donors (Lipinski definition) is 5. The Morgan fingerprint density at radius 1 is 1.20 bits per heavy atom. The Balaban J connectivity index is 1.96. The molecule has 0 atom stereocenters. The first-order valence-corrected chi connectivity index (χ1v) is 7.26. The third kappa shape index (κ3) is 5.28. The first-order valence-electron chi connectivity index (χ1n) is 7.26. The van der Waals surface area contributed by atoms with Crippen molar-refractivity contribution in [3.05, 3.63) is 24.0 Å². The van der Waals surface area contributed by atoms with Gasteiger partial charge in [0.25, 0.3) is 0 Å². The van der Waals surface area contributed by atoms with E-state index in [-0.39, 0.29) is 18.5 Å². The van der Waals surface area contributed by atoms with Crippen LogP contribution in [0.25, 0.3) is 0 Å². The summed E-state index contributed by atoms with van der Waals surface area (Å²) in [5.74, 6) is -3.32. The molecule has 1 aromatic carbocycles. The monoisotopic (exact) mass is 365 g/mol. The van der Waals surface area contributed by atoms with Gasteiger partial charge in [-0.15, -0.1) is 13.2 Å². The Hall–Kier alpha value is -2.43. The van der Waals surface area contributed by atoms with E-state index in [2.05, 4.69) is 20.7 Å². The SMILES string of the molecule is N=C(NC(=N)C1(F)CCNCC1)Nc1ccc(OC(F)(F)F)c(F)c1. The van der Waals surface area contributed by atoms with Crippen molar-refractivity contribution in [3.63, 3.8) is 0 Å². The van der Waals surface area contributed by atoms with Crippen LogP contribution in [-0.4, -0.2) is 36.9 Å². The fourth-order valence-electron chi connectivity index (χ4n) is 2.27. The topological polar surface area (TPSA) is 93.0 Å². The maximum Gasteiger partial charge on any atom is 0.573 e. The average molecular weight is 365 g/mol. The van der Waals surface area contributed by atoms with E-state index in [4.69, 9.17) is 10.8 Å². The molecule has 0 bridgehead atoms. The number of ether oxygens (including phenoxy) is 1. The molecule has 138 valence electrons. The zero-order valence-corrected chi connectivity index (χ0v) is 12.9. The van der Waals surface area contributed by atoms with E-state index in [1.54, 1.807) is 0 Å². The standard InChI is InChI=1S/C14H16F5N5O/c15-9-7-8(1-2-10(9)25-14(17,18)19)23-12(21)24-11(20)13(16)3-5-22-6-4-13/h1-2,7,22H,3-6H2,(H4,20,21,23,24). The van der Waals surface area contributed by atoms with Crippen molar-refractivity contribution < 1.29 is 26.7 Å². The van der Waals surface area contributed by atoms with Crippen LogP contribution in [0.1, 0.15) is 12.8 Å². The summed E-state index contributed by atoms with van der Waals surface area (Å²) < 4.78 is 67.8. The largest absolute Gasteiger partial charge is 0.573 e. The number of alkyl halides is 4. The second-order valence-corrected chi connectivity index (χ2v) is 5.41. The van der Waals surface area contributed by atoms with Gasteiger partial charge in [-0.2, -0.15) is 0 Å². The highest BCUT2D eigenvalue weighted by atomic mass is 19.4. The summed E-state index contributed by atoms with van der Waals surface area (Å²) in [4.78, 5) is 0. The highest BCUT2D eigenvalue weighted by molar-refractivity contribution is 6.06. The van der Waals surface area contributed by atoms with E-state index < -0.39 is 35.4 Å². The average Bonchev–Trinajstić information content (AvgIpc) is 2.49. The Morgan fingerprint density at radius 3 is 2.40 bits per heavy atom. The Bertz CT molecular complexity index is 658. The van der Waals surface area contributed by atoms with Crippen LogP contribution in [0.5, 0.6) is 5.75 Å². The van der Waals surface area contributed by atoms with Gasteiger partial charge in [-0.05, 0) is 25.2 Å². The summed E-state index contributed by atoms with van der Waals surface area (Å²) in [5.41, 5.74) is -1.95. The molecule has 6 nitrogen and oxygen atoms in total. The quantitative estimate of drug-likeness (QED) is 0.324. The van der Waals surface area contributed by atoms with Gasteiger partial charge in [0.1, 0.15) is 5.84 Å². The molecule has 25 heavy (non-hydrogen) atoms. The Labute approximate surface area is 139 Å². The molecular formula is C14H16F5N5O. The van der Waals surface area contributed by atoms with Crippen LogP contribution in [-0.2, 0) is 0 Å². The van der Waals surface area contributed by atoms with Crippen LogP contribution in [0.2, 0.25) is 0 Å². The molecule has 11 heteroatoms. The predicted octanol–water partition coefficient (Wildman–Crippen LogP) is 2.73. The van der Waals surface area contributed by atoms with Crippen molar-refractivity contribution >= 4 is 17.5 Å². The normalized spacial score (nSPS) is 16.8. The predicted molar refractivity (Wildman–Crippen MR) is 81.2 cm³/mol. The molecule has 1 aliphatic rings. The van der Waals surface area contributed by atoms with Gasteiger partial charge in [0.05, 0.1) is 0 Å². The maximum atomic E-state index is 14.5. The zero-order valence-electron chi connectivity index (χ0n) is 12.9. The van der Waals surface area contributed by atoms with Gasteiger partial charge < -0.3 is 20.7 Å². The van der Waals surface area contributed by atoms with Crippen molar-refractivity contribution in [2.24, 2.45) is 0 Å². The lowest BCUT2D eigenvalue weighted by Gasteiger charge is -2.30. The summed E-state index contributed by atoms with van der Waals surface area (Å²) in [7, 11) is 0. The molecule has 2 rings (SSSR count). The second-order valence-electron chi connectivity index (χ2n) is 5.41. The lowest BCUT2D eigenvalue weighted by atomic mass is 9.93. The second kappa shape index (κ2) is 7.21. The molecule has 1 saturated heterocycles. The van der Waals surface area contributed by atoms with E-state index in [9.17, 15) is 22.0 Å². The number of halogens is 5. The number of amidine groups is 1. The molecule has 5 N–H and O–H groups in total. The van der Waals surface area contributed by atoms with E-state index in [0.29, 0.717) is 19.2 Å². The van der Waals surface area contributed by atoms with Crippen LogP contribution in [0.3, 0.4) is 0 Å². The minimum absolute atomic E-state index is 0.0597. The maximum absolute atomic E-state index is 14.5. The number of benzene rings is 1. The van der Waals surface area contributed by atoms with Crippen molar-refractivity contribution in [1.29, 1.82) is 10.8 Å². The van der Waals surface area contributed by atoms with Crippen molar-refractivity contribution in [2.75, 3.05) is 18.4 Å². The number of piperidine rings is 1. The van der Waals surface area contributed by atoms with E-state index in [1.165, 1.54) is 0 Å². The highest BCUT2D eigenvalue weighted by Gasteiger charge is 2.37. The van der Waals surface area contributed by atoms with Crippen LogP contribution in [0.15, 0.2) is 18.2 Å². The lowest BCUT2D eigenvalue weighted by molar-refractivity contribution is -0.275. The summed E-state index contributed by atoms with van der Waals surface area (Å²) in [6, 6.07) is 2.49. The van der Waals surface area contributed by atoms with Gasteiger partial charge in [-0.3, -0.25) is 10.8 Å². The highest BCUT2D eigenvalue weighted by Crippen LogP contribution is 2.27. The molecule has 0 unspecified atom stereocenters. The number of rotatable bonds is 3. The van der Waals surface area contributed by atoms with Crippen LogP contribution >= 0.6 is 0 Å². The fraction of sp³-hybridized carbons (Fsp3) is 0.429. The number of nitrogens with one attached hydrogen (secondary N) is 5. The number of anilines is 1. The smallest absolute Gasteiger partial charge is 0.403 e. The molecule has 1 heterocycles. The van der Waals surface area contributed by atoms with Gasteiger partial charge >= 0.3 is 6.36 Å². The first-order chi connectivity index (χ1) is 11.6. The molecule has 0 radical (unpaired) electrons. The molecular weight excluding hydrogens is 349 g/mol. The third-order valence-corrected chi connectivity index (χ3v) is 3.52. The summed E-state index contributed by atoms with van der Waals surface area (Å²) >= 11 is 0. The van der Waals surface area contributed by atoms with Gasteiger partial charge in [0.2, 0.25) is 0 Å². The third-order valence-electron chi connectivity index (χ3n) is 3.52. The van der Waals surface area contributed by atoms with E-state index in [0.717, 1.165) is 12.1 Å². The van der Waals surface area contributed by atoms with Crippen molar-refractivity contribution in [2.45, 2.75) is 24.9 Å². The van der Waals surface area contributed by atoms with Gasteiger partial charge in [0, 0.05) is 24.6 Å². The van der Waals surface area contributed by atoms with Gasteiger partial charge in [-0.1, -0.05) is 0 Å². The minimum Gasteiger partial charge on any atom is -0.403 e. The first kappa shape index (κ1) is 18.9. The molecule has 0 aliphatic carbocycles. The summed E-state index contributed by atoms with van der Waals surface area (Å²) in [6.07, 6.45) is -4.88. The molecule has 0 amide bonds. The summed E-state index contributed by atoms with van der Waals surface area (Å²) in [6.45, 7) is 0.792. The van der Waals surface area contributed by atoms with E-state index >= 15 is 0 Å².